The zero-order chi connectivity index (χ0) is 13.9. The predicted molar refractivity (Wildman–Crippen MR) is 78.9 cm³/mol. The highest BCUT2D eigenvalue weighted by atomic mass is 16.5. The summed E-state index contributed by atoms with van der Waals surface area (Å²) in [5, 5.41) is 9.28. The number of hydrogen-bond donors (Lipinski definition) is 0. The van der Waals surface area contributed by atoms with E-state index in [4.69, 9.17) is 4.74 Å². The maximum Gasteiger partial charge on any atom is 0.101 e. The van der Waals surface area contributed by atoms with Crippen LogP contribution in [-0.2, 0) is 4.74 Å². The molecule has 0 spiro atoms. The molecular weight excluding hydrogens is 250 g/mol. The molecule has 0 amide bonds. The fraction of sp³-hybridized carbons (Fsp3) is 0.562. The van der Waals surface area contributed by atoms with Crippen LogP contribution in [0.4, 0.5) is 5.69 Å². The number of nitrogens with zero attached hydrogens (tertiary/aromatic N) is 3. The van der Waals surface area contributed by atoms with Crippen molar-refractivity contribution < 1.29 is 4.74 Å². The van der Waals surface area contributed by atoms with Crippen molar-refractivity contribution in [2.75, 3.05) is 44.3 Å². The van der Waals surface area contributed by atoms with E-state index in [2.05, 4.69) is 28.9 Å². The Morgan fingerprint density at radius 1 is 1.25 bits per heavy atom. The van der Waals surface area contributed by atoms with Gasteiger partial charge in [0.2, 0.25) is 0 Å². The van der Waals surface area contributed by atoms with Crippen LogP contribution in [0.1, 0.15) is 17.5 Å². The largest absolute Gasteiger partial charge is 0.379 e. The van der Waals surface area contributed by atoms with Gasteiger partial charge < -0.3 is 9.64 Å². The van der Waals surface area contributed by atoms with Crippen LogP contribution in [0.3, 0.4) is 0 Å². The fourth-order valence-corrected chi connectivity index (χ4v) is 3.20. The lowest BCUT2D eigenvalue weighted by Gasteiger charge is -2.32. The zero-order valence-corrected chi connectivity index (χ0v) is 12.0. The molecule has 0 N–H and O–H groups in total. The van der Waals surface area contributed by atoms with Crippen molar-refractivity contribution in [1.82, 2.24) is 4.90 Å². The second-order valence-corrected chi connectivity index (χ2v) is 5.67. The maximum absolute atomic E-state index is 9.28. The third kappa shape index (κ3) is 2.65. The maximum atomic E-state index is 9.28. The number of morpholine rings is 1. The first-order valence-corrected chi connectivity index (χ1v) is 7.35. The topological polar surface area (TPSA) is 39.5 Å². The molecule has 4 nitrogen and oxygen atoms in total. The first kappa shape index (κ1) is 13.4. The zero-order valence-electron chi connectivity index (χ0n) is 12.0. The highest BCUT2D eigenvalue weighted by Gasteiger charge is 2.29. The molecule has 0 aliphatic carbocycles. The predicted octanol–water partition coefficient (Wildman–Crippen LogP) is 1.78. The molecule has 3 rings (SSSR count). The third-order valence-electron chi connectivity index (χ3n) is 4.34. The molecule has 1 unspecified atom stereocenters. The van der Waals surface area contributed by atoms with Crippen LogP contribution in [-0.4, -0.2) is 50.3 Å². The Labute approximate surface area is 120 Å². The molecule has 1 atom stereocenters. The molecule has 0 bridgehead atoms. The fourth-order valence-electron chi connectivity index (χ4n) is 3.20. The lowest BCUT2D eigenvalue weighted by molar-refractivity contribution is 0.0209. The summed E-state index contributed by atoms with van der Waals surface area (Å²) in [6.45, 7) is 7.93. The lowest BCUT2D eigenvalue weighted by atomic mass is 10.1. The van der Waals surface area contributed by atoms with Crippen molar-refractivity contribution in [2.45, 2.75) is 19.4 Å². The minimum atomic E-state index is 0.603. The normalized spacial score (nSPS) is 23.8. The third-order valence-corrected chi connectivity index (χ3v) is 4.34. The second-order valence-electron chi connectivity index (χ2n) is 5.67. The van der Waals surface area contributed by atoms with Gasteiger partial charge in [-0.2, -0.15) is 5.26 Å². The van der Waals surface area contributed by atoms with Crippen molar-refractivity contribution in [1.29, 1.82) is 5.26 Å². The van der Waals surface area contributed by atoms with Gasteiger partial charge in [0.15, 0.2) is 0 Å². The number of ether oxygens (including phenoxy) is 1. The van der Waals surface area contributed by atoms with Gasteiger partial charge in [0.1, 0.15) is 6.07 Å². The number of nitriles is 1. The molecule has 2 aliphatic rings. The van der Waals surface area contributed by atoms with Gasteiger partial charge in [0.25, 0.3) is 0 Å². The number of anilines is 1. The van der Waals surface area contributed by atoms with Crippen molar-refractivity contribution in [3.63, 3.8) is 0 Å². The highest BCUT2D eigenvalue weighted by molar-refractivity contribution is 5.61. The standard InChI is InChI=1S/C16H21N3O/c1-13-2-3-14(11-17)16(10-13)19-5-4-15(12-19)18-6-8-20-9-7-18/h2-3,10,15H,4-9,12H2,1H3. The van der Waals surface area contributed by atoms with Crippen LogP contribution < -0.4 is 4.90 Å². The average molecular weight is 271 g/mol. The quantitative estimate of drug-likeness (QED) is 0.822. The van der Waals surface area contributed by atoms with Crippen LogP contribution >= 0.6 is 0 Å². The Morgan fingerprint density at radius 2 is 2.05 bits per heavy atom. The Kier molecular flexibility index (Phi) is 3.90. The van der Waals surface area contributed by atoms with E-state index in [-0.39, 0.29) is 0 Å². The van der Waals surface area contributed by atoms with E-state index in [1.807, 2.05) is 12.1 Å². The molecule has 20 heavy (non-hydrogen) atoms. The van der Waals surface area contributed by atoms with Gasteiger partial charge in [0.05, 0.1) is 24.5 Å². The summed E-state index contributed by atoms with van der Waals surface area (Å²) in [6, 6.07) is 9.01. The summed E-state index contributed by atoms with van der Waals surface area (Å²) in [7, 11) is 0. The molecule has 0 saturated carbocycles. The van der Waals surface area contributed by atoms with Gasteiger partial charge in [-0.15, -0.1) is 0 Å². The molecule has 0 aromatic heterocycles. The van der Waals surface area contributed by atoms with Crippen molar-refractivity contribution in [3.8, 4) is 6.07 Å². The Morgan fingerprint density at radius 3 is 2.80 bits per heavy atom. The highest BCUT2D eigenvalue weighted by Crippen LogP contribution is 2.27. The molecule has 2 heterocycles. The van der Waals surface area contributed by atoms with E-state index in [9.17, 15) is 5.26 Å². The lowest BCUT2D eigenvalue weighted by Crippen LogP contribution is -2.44. The van der Waals surface area contributed by atoms with Gasteiger partial charge >= 0.3 is 0 Å². The summed E-state index contributed by atoms with van der Waals surface area (Å²) in [5.74, 6) is 0. The molecule has 2 saturated heterocycles. The molecule has 106 valence electrons. The number of aryl methyl sites for hydroxylation is 1. The molecule has 1 aromatic rings. The molecule has 4 heteroatoms. The molecule has 2 aliphatic heterocycles. The summed E-state index contributed by atoms with van der Waals surface area (Å²) < 4.78 is 5.42. The van der Waals surface area contributed by atoms with Crippen LogP contribution in [0.5, 0.6) is 0 Å². The van der Waals surface area contributed by atoms with Gasteiger partial charge in [-0.1, -0.05) is 6.07 Å². The Balaban J connectivity index is 1.73. The number of benzene rings is 1. The SMILES string of the molecule is Cc1ccc(C#N)c(N2CCC(N3CCOCC3)C2)c1. The van der Waals surface area contributed by atoms with Gasteiger partial charge in [0, 0.05) is 32.2 Å². The van der Waals surface area contributed by atoms with Gasteiger partial charge in [-0.25, -0.2) is 0 Å². The first-order chi connectivity index (χ1) is 9.78. The summed E-state index contributed by atoms with van der Waals surface area (Å²) >= 11 is 0. The van der Waals surface area contributed by atoms with Crippen LogP contribution in [0, 0.1) is 18.3 Å². The van der Waals surface area contributed by atoms with Crippen LogP contribution in [0.15, 0.2) is 18.2 Å². The van der Waals surface area contributed by atoms with E-state index in [1.54, 1.807) is 0 Å². The molecule has 2 fully saturated rings. The second kappa shape index (κ2) is 5.82. The molecule has 0 radical (unpaired) electrons. The van der Waals surface area contributed by atoms with E-state index >= 15 is 0 Å². The smallest absolute Gasteiger partial charge is 0.101 e. The van der Waals surface area contributed by atoms with Crippen molar-refractivity contribution >= 4 is 5.69 Å². The van der Waals surface area contributed by atoms with Crippen molar-refractivity contribution in [2.24, 2.45) is 0 Å². The van der Waals surface area contributed by atoms with E-state index in [0.717, 1.165) is 50.6 Å². The van der Waals surface area contributed by atoms with E-state index in [1.165, 1.54) is 12.0 Å². The van der Waals surface area contributed by atoms with Crippen molar-refractivity contribution in [3.05, 3.63) is 29.3 Å². The van der Waals surface area contributed by atoms with E-state index < -0.39 is 0 Å². The van der Waals surface area contributed by atoms with Gasteiger partial charge in [-0.3, -0.25) is 4.90 Å². The van der Waals surface area contributed by atoms with Crippen LogP contribution in [0.25, 0.3) is 0 Å². The number of hydrogen-bond acceptors (Lipinski definition) is 4. The monoisotopic (exact) mass is 271 g/mol. The summed E-state index contributed by atoms with van der Waals surface area (Å²) in [5.41, 5.74) is 3.11. The molecular formula is C16H21N3O. The number of rotatable bonds is 2. The Hall–Kier alpha value is -1.57. The van der Waals surface area contributed by atoms with Gasteiger partial charge in [-0.05, 0) is 31.0 Å². The first-order valence-electron chi connectivity index (χ1n) is 7.35. The summed E-state index contributed by atoms with van der Waals surface area (Å²) in [4.78, 5) is 4.90. The van der Waals surface area contributed by atoms with Crippen LogP contribution in [0.2, 0.25) is 0 Å². The summed E-state index contributed by atoms with van der Waals surface area (Å²) in [6.07, 6.45) is 1.18. The average Bonchev–Trinajstić information content (AvgIpc) is 2.98. The molecule has 1 aromatic carbocycles. The Bertz CT molecular complexity index is 517. The minimum Gasteiger partial charge on any atom is -0.379 e. The minimum absolute atomic E-state index is 0.603. The van der Waals surface area contributed by atoms with E-state index in [0.29, 0.717) is 6.04 Å².